The quantitative estimate of drug-likeness (QED) is 0.874. The third kappa shape index (κ3) is 3.94. The van der Waals surface area contributed by atoms with Gasteiger partial charge in [0.05, 0.1) is 0 Å². The Bertz CT molecular complexity index is 368. The topological polar surface area (TPSA) is 49.3 Å². The van der Waals surface area contributed by atoms with E-state index < -0.39 is 12.0 Å². The van der Waals surface area contributed by atoms with Crippen molar-refractivity contribution in [3.63, 3.8) is 0 Å². The van der Waals surface area contributed by atoms with E-state index in [1.807, 2.05) is 18.2 Å². The first-order valence-corrected chi connectivity index (χ1v) is 6.01. The van der Waals surface area contributed by atoms with Crippen LogP contribution in [0.5, 0.6) is 0 Å². The fraction of sp³-hybridized carbons (Fsp3) is 0.417. The molecule has 1 rings (SSSR count). The van der Waals surface area contributed by atoms with Gasteiger partial charge in [-0.05, 0) is 30.5 Å². The highest BCUT2D eigenvalue weighted by Crippen LogP contribution is 2.19. The van der Waals surface area contributed by atoms with Gasteiger partial charge in [0.2, 0.25) is 0 Å². The number of carboxylic acids is 1. The number of benzene rings is 1. The van der Waals surface area contributed by atoms with Crippen molar-refractivity contribution in [2.75, 3.05) is 6.54 Å². The lowest BCUT2D eigenvalue weighted by Gasteiger charge is -2.15. The summed E-state index contributed by atoms with van der Waals surface area (Å²) < 4.78 is 1.04. The van der Waals surface area contributed by atoms with E-state index in [9.17, 15) is 4.79 Å². The molecule has 0 spiro atoms. The van der Waals surface area contributed by atoms with Crippen LogP contribution in [0.15, 0.2) is 28.7 Å². The van der Waals surface area contributed by atoms with Crippen molar-refractivity contribution in [1.29, 1.82) is 0 Å². The fourth-order valence-electron chi connectivity index (χ4n) is 1.37. The largest absolute Gasteiger partial charge is 0.480 e. The van der Waals surface area contributed by atoms with Crippen LogP contribution in [0.2, 0.25) is 0 Å². The summed E-state index contributed by atoms with van der Waals surface area (Å²) in [6.07, 6.45) is 0. The summed E-state index contributed by atoms with van der Waals surface area (Å²) in [7, 11) is 0. The Labute approximate surface area is 104 Å². The van der Waals surface area contributed by atoms with Crippen LogP contribution in [0.1, 0.15) is 25.3 Å². The Hall–Kier alpha value is -0.870. The maximum atomic E-state index is 10.6. The van der Waals surface area contributed by atoms with E-state index in [0.29, 0.717) is 12.5 Å². The Morgan fingerprint density at radius 2 is 2.19 bits per heavy atom. The average molecular weight is 286 g/mol. The zero-order valence-corrected chi connectivity index (χ0v) is 11.0. The third-order valence-corrected chi connectivity index (χ3v) is 3.01. The van der Waals surface area contributed by atoms with Crippen LogP contribution < -0.4 is 5.32 Å². The Morgan fingerprint density at radius 1 is 1.50 bits per heavy atom. The summed E-state index contributed by atoms with van der Waals surface area (Å²) in [5.74, 6) is -0.527. The minimum absolute atomic E-state index is 0.291. The van der Waals surface area contributed by atoms with Crippen LogP contribution in [0.25, 0.3) is 0 Å². The van der Waals surface area contributed by atoms with Crippen molar-refractivity contribution in [3.05, 3.63) is 34.3 Å². The van der Waals surface area contributed by atoms with Gasteiger partial charge in [-0.1, -0.05) is 35.0 Å². The zero-order valence-electron chi connectivity index (χ0n) is 9.40. The van der Waals surface area contributed by atoms with Gasteiger partial charge in [-0.2, -0.15) is 0 Å². The molecule has 0 aliphatic rings. The van der Waals surface area contributed by atoms with Gasteiger partial charge < -0.3 is 10.4 Å². The lowest BCUT2D eigenvalue weighted by molar-refractivity contribution is -0.139. The molecule has 2 N–H and O–H groups in total. The van der Waals surface area contributed by atoms with Gasteiger partial charge in [0.15, 0.2) is 0 Å². The molecule has 0 heterocycles. The smallest absolute Gasteiger partial charge is 0.320 e. The maximum absolute atomic E-state index is 10.6. The molecular weight excluding hydrogens is 270 g/mol. The zero-order chi connectivity index (χ0) is 12.1. The number of hydrogen-bond acceptors (Lipinski definition) is 2. The predicted octanol–water partition coefficient (Wildman–Crippen LogP) is 2.62. The maximum Gasteiger partial charge on any atom is 0.320 e. The molecule has 0 saturated heterocycles. The second kappa shape index (κ2) is 6.01. The van der Waals surface area contributed by atoms with Crippen LogP contribution >= 0.6 is 15.9 Å². The van der Waals surface area contributed by atoms with Crippen molar-refractivity contribution >= 4 is 21.9 Å². The number of hydrogen-bond donors (Lipinski definition) is 2. The highest BCUT2D eigenvalue weighted by Gasteiger charge is 2.12. The minimum atomic E-state index is -0.818. The molecule has 3 nitrogen and oxygen atoms in total. The Balaban J connectivity index is 2.52. The standard InChI is InChI=1S/C12H16BrNO2/c1-8(7-14-9(2)12(15)16)10-4-3-5-11(13)6-10/h3-6,8-9,14H,7H2,1-2H3,(H,15,16)/t8?,9-/m0/s1. The lowest BCUT2D eigenvalue weighted by atomic mass is 10.0. The summed E-state index contributed by atoms with van der Waals surface area (Å²) >= 11 is 3.42. The molecule has 4 heteroatoms. The minimum Gasteiger partial charge on any atom is -0.480 e. The van der Waals surface area contributed by atoms with Gasteiger partial charge >= 0.3 is 5.97 Å². The van der Waals surface area contributed by atoms with Crippen LogP contribution in [-0.4, -0.2) is 23.7 Å². The highest BCUT2D eigenvalue weighted by atomic mass is 79.9. The molecule has 0 aliphatic carbocycles. The normalized spacial score (nSPS) is 14.4. The van der Waals surface area contributed by atoms with Gasteiger partial charge in [-0.3, -0.25) is 4.79 Å². The molecule has 0 fully saturated rings. The van der Waals surface area contributed by atoms with Crippen molar-refractivity contribution in [2.45, 2.75) is 25.8 Å². The molecule has 1 aromatic rings. The number of aliphatic carboxylic acids is 1. The summed E-state index contributed by atoms with van der Waals surface area (Å²) in [6, 6.07) is 7.55. The summed E-state index contributed by atoms with van der Waals surface area (Å²) in [5, 5.41) is 11.7. The lowest BCUT2D eigenvalue weighted by Crippen LogP contribution is -2.35. The molecule has 0 aromatic heterocycles. The van der Waals surface area contributed by atoms with Crippen molar-refractivity contribution in [1.82, 2.24) is 5.32 Å². The van der Waals surface area contributed by atoms with E-state index in [2.05, 4.69) is 34.2 Å². The van der Waals surface area contributed by atoms with Crippen LogP contribution in [0.4, 0.5) is 0 Å². The molecule has 0 saturated carbocycles. The van der Waals surface area contributed by atoms with Crippen LogP contribution in [0, 0.1) is 0 Å². The average Bonchev–Trinajstić information content (AvgIpc) is 2.25. The molecule has 0 aliphatic heterocycles. The number of carboxylic acid groups (broad SMARTS) is 1. The van der Waals surface area contributed by atoms with E-state index >= 15 is 0 Å². The number of halogens is 1. The van der Waals surface area contributed by atoms with Gasteiger partial charge in [0, 0.05) is 11.0 Å². The Kier molecular flexibility index (Phi) is 4.96. The first-order chi connectivity index (χ1) is 7.50. The highest BCUT2D eigenvalue weighted by molar-refractivity contribution is 9.10. The second-order valence-electron chi connectivity index (χ2n) is 3.92. The van der Waals surface area contributed by atoms with E-state index in [4.69, 9.17) is 5.11 Å². The summed E-state index contributed by atoms with van der Waals surface area (Å²) in [5.41, 5.74) is 1.19. The van der Waals surface area contributed by atoms with Gasteiger partial charge in [0.25, 0.3) is 0 Å². The van der Waals surface area contributed by atoms with Gasteiger partial charge in [0.1, 0.15) is 6.04 Å². The third-order valence-electron chi connectivity index (χ3n) is 2.52. The predicted molar refractivity (Wildman–Crippen MR) is 67.7 cm³/mol. The van der Waals surface area contributed by atoms with Crippen molar-refractivity contribution in [2.24, 2.45) is 0 Å². The number of nitrogens with one attached hydrogen (secondary N) is 1. The molecule has 0 amide bonds. The summed E-state index contributed by atoms with van der Waals surface area (Å²) in [6.45, 7) is 4.38. The van der Waals surface area contributed by atoms with E-state index in [-0.39, 0.29) is 0 Å². The van der Waals surface area contributed by atoms with Gasteiger partial charge in [-0.25, -0.2) is 0 Å². The van der Waals surface area contributed by atoms with E-state index in [1.165, 1.54) is 5.56 Å². The molecular formula is C12H16BrNO2. The number of rotatable bonds is 5. The molecule has 1 aromatic carbocycles. The van der Waals surface area contributed by atoms with Crippen LogP contribution in [-0.2, 0) is 4.79 Å². The molecule has 0 radical (unpaired) electrons. The van der Waals surface area contributed by atoms with Gasteiger partial charge in [-0.15, -0.1) is 0 Å². The molecule has 16 heavy (non-hydrogen) atoms. The van der Waals surface area contributed by atoms with Crippen LogP contribution in [0.3, 0.4) is 0 Å². The SMILES string of the molecule is CC(CN[C@@H](C)C(=O)O)c1cccc(Br)c1. The fourth-order valence-corrected chi connectivity index (χ4v) is 1.79. The first kappa shape index (κ1) is 13.2. The van der Waals surface area contributed by atoms with E-state index in [0.717, 1.165) is 4.47 Å². The Morgan fingerprint density at radius 3 is 2.75 bits per heavy atom. The van der Waals surface area contributed by atoms with Crippen molar-refractivity contribution < 1.29 is 9.90 Å². The molecule has 88 valence electrons. The monoisotopic (exact) mass is 285 g/mol. The molecule has 0 bridgehead atoms. The second-order valence-corrected chi connectivity index (χ2v) is 4.84. The molecule has 1 unspecified atom stereocenters. The summed E-state index contributed by atoms with van der Waals surface area (Å²) in [4.78, 5) is 10.6. The first-order valence-electron chi connectivity index (χ1n) is 5.22. The van der Waals surface area contributed by atoms with Crippen molar-refractivity contribution in [3.8, 4) is 0 Å². The molecule has 2 atom stereocenters. The van der Waals surface area contributed by atoms with E-state index in [1.54, 1.807) is 6.92 Å². The number of carbonyl (C=O) groups is 1.